The Hall–Kier alpha value is 4.06. The van der Waals surface area contributed by atoms with Crippen molar-refractivity contribution in [3.8, 4) is 0 Å². The maximum Gasteiger partial charge on any atom is 1.00 e. The normalized spacial score (nSPS) is 6.89. The first-order chi connectivity index (χ1) is 3.71. The van der Waals surface area contributed by atoms with E-state index in [-0.39, 0.29) is 146 Å². The van der Waals surface area contributed by atoms with Crippen molar-refractivity contribution in [2.45, 2.75) is 0 Å². The van der Waals surface area contributed by atoms with Crippen molar-refractivity contribution in [1.82, 2.24) is 0 Å². The second-order valence-corrected chi connectivity index (χ2v) is 3.42. The average Bonchev–Trinajstić information content (AvgIpc) is 1.14. The quantitative estimate of drug-likeness (QED) is 0.339. The molecule has 0 amide bonds. The van der Waals surface area contributed by atoms with Gasteiger partial charge in [0.2, 0.25) is 0 Å². The molecular weight excluding hydrogens is 346 g/mol. The summed E-state index contributed by atoms with van der Waals surface area (Å²) in [6.45, 7) is 0. The van der Waals surface area contributed by atoms with Crippen LogP contribution in [0.4, 0.5) is 0 Å². The van der Waals surface area contributed by atoms with E-state index in [9.17, 15) is 28.7 Å². The van der Waals surface area contributed by atoms with E-state index in [2.05, 4.69) is 4.31 Å². The Labute approximate surface area is 191 Å². The summed E-state index contributed by atoms with van der Waals surface area (Å²) < 4.78 is 21.2. The van der Waals surface area contributed by atoms with Crippen LogP contribution in [-0.2, 0) is 13.4 Å². The van der Waals surface area contributed by atoms with Crippen LogP contribution >= 0.6 is 15.6 Å². The third kappa shape index (κ3) is 72.0. The summed E-state index contributed by atoms with van der Waals surface area (Å²) >= 11 is 0. The molecule has 0 aliphatic rings. The predicted octanol–water partition coefficient (Wildman–Crippen LogP) is -19.4. The van der Waals surface area contributed by atoms with Crippen molar-refractivity contribution in [2.24, 2.45) is 0 Å². The maximum atomic E-state index is 9.32. The maximum absolute atomic E-state index is 9.32. The smallest absolute Gasteiger partial charge is 0.790 e. The molecule has 10 N–H and O–H groups in total. The van der Waals surface area contributed by atoms with Gasteiger partial charge in [-0.2, -0.15) is 0 Å². The molecule has 0 heterocycles. The van der Waals surface area contributed by atoms with Crippen molar-refractivity contribution in [3.63, 3.8) is 0 Å². The van der Waals surface area contributed by atoms with Gasteiger partial charge in [-0.3, -0.25) is 0 Å². The molecule has 0 aromatic rings. The van der Waals surface area contributed by atoms with Crippen molar-refractivity contribution >= 4 is 15.6 Å². The number of phosphoric acid groups is 2. The second-order valence-electron chi connectivity index (χ2n) is 0.976. The van der Waals surface area contributed by atoms with Crippen LogP contribution < -0.4 is 138 Å². The molecule has 0 saturated heterocycles. The molecule has 0 unspecified atom stereocenters. The molecular formula is H10Na4O12P2. The zero-order valence-electron chi connectivity index (χ0n) is 10.3. The van der Waals surface area contributed by atoms with Crippen molar-refractivity contribution in [1.29, 1.82) is 0 Å². The van der Waals surface area contributed by atoms with Crippen LogP contribution in [0.3, 0.4) is 0 Å². The van der Waals surface area contributed by atoms with E-state index in [1.165, 1.54) is 0 Å². The van der Waals surface area contributed by atoms with Crippen molar-refractivity contribution in [2.75, 3.05) is 0 Å². The van der Waals surface area contributed by atoms with Crippen LogP contribution in [0.2, 0.25) is 0 Å². The zero-order valence-corrected chi connectivity index (χ0v) is 20.0. The minimum absolute atomic E-state index is 0. The third-order valence-electron chi connectivity index (χ3n) is 0.200. The largest absolute Gasteiger partial charge is 1.00 e. The molecule has 12 nitrogen and oxygen atoms in total. The molecule has 0 saturated carbocycles. The van der Waals surface area contributed by atoms with Crippen molar-refractivity contribution < 1.29 is 179 Å². The summed E-state index contributed by atoms with van der Waals surface area (Å²) in [7, 11) is -11.4. The fraction of sp³-hybridized carbons (Fsp3) is 0. The average molecular weight is 356 g/mol. The van der Waals surface area contributed by atoms with E-state index in [0.717, 1.165) is 0 Å². The number of hydrogen-bond donors (Lipinski definition) is 0. The van der Waals surface area contributed by atoms with E-state index in [1.54, 1.807) is 0 Å². The van der Waals surface area contributed by atoms with Crippen molar-refractivity contribution in [3.05, 3.63) is 0 Å². The standard InChI is InChI=1S/4Na.H4O7P2.5H2O/c;;;;1-8(2,3)7-9(4,5)6;;;;;/h;;;;(H2,1,2,3)(H2,4,5,6);5*1H2/q4*+1;;;;;;/p-4. The van der Waals surface area contributed by atoms with Gasteiger partial charge in [0.25, 0.3) is 0 Å². The van der Waals surface area contributed by atoms with Crippen LogP contribution in [0.25, 0.3) is 0 Å². The fourth-order valence-electron chi connectivity index (χ4n) is 0.122. The molecule has 0 aliphatic heterocycles. The van der Waals surface area contributed by atoms with Gasteiger partial charge >= 0.3 is 118 Å². The van der Waals surface area contributed by atoms with E-state index < -0.39 is 15.6 Å². The molecule has 0 rings (SSSR count). The summed E-state index contributed by atoms with van der Waals surface area (Å²) in [4.78, 5) is 37.3. The molecule has 0 fully saturated rings. The van der Waals surface area contributed by atoms with Crippen LogP contribution in [0.5, 0.6) is 0 Å². The summed E-state index contributed by atoms with van der Waals surface area (Å²) in [5.74, 6) is 0. The van der Waals surface area contributed by atoms with Crippen LogP contribution in [-0.4, -0.2) is 27.4 Å². The van der Waals surface area contributed by atoms with E-state index in [4.69, 9.17) is 0 Å². The Bertz CT molecular complexity index is 163. The monoisotopic (exact) mass is 356 g/mol. The Morgan fingerprint density at radius 1 is 0.556 bits per heavy atom. The second kappa shape index (κ2) is 29.1. The minimum atomic E-state index is -5.68. The van der Waals surface area contributed by atoms with Gasteiger partial charge < -0.3 is 60.4 Å². The summed E-state index contributed by atoms with van der Waals surface area (Å²) in [5.41, 5.74) is 0. The fourth-order valence-corrected chi connectivity index (χ4v) is 1.10. The van der Waals surface area contributed by atoms with Gasteiger partial charge in [0.15, 0.2) is 0 Å². The molecule has 0 aromatic heterocycles. The first kappa shape index (κ1) is 67.3. The molecule has 0 bridgehead atoms. The summed E-state index contributed by atoms with van der Waals surface area (Å²) in [6.07, 6.45) is 0. The minimum Gasteiger partial charge on any atom is -0.790 e. The summed E-state index contributed by atoms with van der Waals surface area (Å²) in [5, 5.41) is 0. The Morgan fingerprint density at radius 3 is 0.667 bits per heavy atom. The SMILES string of the molecule is O.O.O.O.O.O=P([O-])([O-])OP(=O)([O-])[O-].[Na+].[Na+].[Na+].[Na+]. The first-order valence-corrected chi connectivity index (χ1v) is 4.38. The van der Waals surface area contributed by atoms with Crippen LogP contribution in [0.1, 0.15) is 0 Å². The topological polar surface area (TPSA) is 293 Å². The predicted molar refractivity (Wildman–Crippen MR) is 34.4 cm³/mol. The molecule has 18 heteroatoms. The number of hydrogen-bond acceptors (Lipinski definition) is 7. The van der Waals surface area contributed by atoms with Gasteiger partial charge in [-0.15, -0.1) is 0 Å². The van der Waals surface area contributed by atoms with E-state index >= 15 is 0 Å². The molecule has 96 valence electrons. The molecule has 0 spiro atoms. The summed E-state index contributed by atoms with van der Waals surface area (Å²) in [6, 6.07) is 0. The third-order valence-corrected chi connectivity index (χ3v) is 1.80. The molecule has 0 atom stereocenters. The van der Waals surface area contributed by atoms with Gasteiger partial charge in [-0.1, -0.05) is 0 Å². The number of rotatable bonds is 2. The van der Waals surface area contributed by atoms with Gasteiger partial charge in [0.1, 0.15) is 0 Å². The van der Waals surface area contributed by atoms with Gasteiger partial charge in [0.05, 0.1) is 15.6 Å². The Balaban J connectivity index is -0.00000000889. The zero-order chi connectivity index (χ0) is 7.71. The molecule has 0 radical (unpaired) electrons. The molecule has 0 aromatic carbocycles. The Kier molecular flexibility index (Phi) is 109. The van der Waals surface area contributed by atoms with E-state index in [0.29, 0.717) is 0 Å². The van der Waals surface area contributed by atoms with Gasteiger partial charge in [0, 0.05) is 0 Å². The Morgan fingerprint density at radius 2 is 0.667 bits per heavy atom. The molecule has 0 aliphatic carbocycles. The van der Waals surface area contributed by atoms with Gasteiger partial charge in [-0.05, 0) is 0 Å². The molecule has 18 heavy (non-hydrogen) atoms. The van der Waals surface area contributed by atoms with Gasteiger partial charge in [-0.25, -0.2) is 0 Å². The first-order valence-electron chi connectivity index (χ1n) is 1.46. The van der Waals surface area contributed by atoms with Crippen LogP contribution in [0.15, 0.2) is 0 Å². The van der Waals surface area contributed by atoms with E-state index in [1.807, 2.05) is 0 Å². The van der Waals surface area contributed by atoms with Crippen LogP contribution in [0, 0.1) is 0 Å².